The van der Waals surface area contributed by atoms with Gasteiger partial charge in [0.05, 0.1) is 7.11 Å². The molecule has 0 radical (unpaired) electrons. The maximum Gasteiger partial charge on any atom is 0.353 e. The zero-order chi connectivity index (χ0) is 22.9. The Balaban J connectivity index is 1.85. The lowest BCUT2D eigenvalue weighted by atomic mass is 10.1. The third kappa shape index (κ3) is 5.59. The smallest absolute Gasteiger partial charge is 0.353 e. The van der Waals surface area contributed by atoms with Gasteiger partial charge in [-0.2, -0.15) is 0 Å². The molecule has 0 bridgehead atoms. The van der Waals surface area contributed by atoms with Crippen LogP contribution in [0.15, 0.2) is 91.0 Å². The predicted octanol–water partition coefficient (Wildman–Crippen LogP) is 3.46. The lowest BCUT2D eigenvalue weighted by molar-refractivity contribution is -0.182. The molecule has 3 aromatic rings. The topological polar surface area (TPSA) is 99.1 Å². The molecule has 0 spiro atoms. The second-order valence-corrected chi connectivity index (χ2v) is 6.79. The third-order valence-electron chi connectivity index (χ3n) is 4.64. The minimum absolute atomic E-state index is 0.314. The first-order chi connectivity index (χ1) is 15.5. The van der Waals surface area contributed by atoms with Gasteiger partial charge in [0.2, 0.25) is 12.2 Å². The Morgan fingerprint density at radius 1 is 0.594 bits per heavy atom. The van der Waals surface area contributed by atoms with E-state index in [2.05, 4.69) is 0 Å². The fraction of sp³-hybridized carbons (Fsp3) is 0.160. The van der Waals surface area contributed by atoms with Crippen LogP contribution < -0.4 is 0 Å². The SMILES string of the molecule is COC(=O)[C@@H](OC(=O)[C@@H](OC(=O)[C@@H](O)c1ccccc1)c1ccccc1)c1ccccc1. The maximum absolute atomic E-state index is 13.1. The molecule has 0 saturated carbocycles. The van der Waals surface area contributed by atoms with E-state index in [1.54, 1.807) is 91.0 Å². The zero-order valence-corrected chi connectivity index (χ0v) is 17.3. The molecule has 0 aromatic heterocycles. The van der Waals surface area contributed by atoms with E-state index in [4.69, 9.17) is 14.2 Å². The number of aliphatic hydroxyl groups is 1. The van der Waals surface area contributed by atoms with Crippen molar-refractivity contribution in [3.63, 3.8) is 0 Å². The maximum atomic E-state index is 13.1. The van der Waals surface area contributed by atoms with Crippen molar-refractivity contribution < 1.29 is 33.7 Å². The molecule has 0 aliphatic carbocycles. The van der Waals surface area contributed by atoms with Gasteiger partial charge < -0.3 is 19.3 Å². The standard InChI is InChI=1S/C25H22O7/c1-30-24(28)21(18-13-7-3-8-14-18)32-25(29)22(19-15-9-4-10-16-19)31-23(27)20(26)17-11-5-2-6-12-17/h2-16,20-22,26H,1H3/t20-,21-,22-/m0/s1. The number of ether oxygens (including phenoxy) is 3. The first-order valence-corrected chi connectivity index (χ1v) is 9.83. The minimum atomic E-state index is -1.60. The summed E-state index contributed by atoms with van der Waals surface area (Å²) in [5, 5.41) is 10.4. The van der Waals surface area contributed by atoms with E-state index >= 15 is 0 Å². The summed E-state index contributed by atoms with van der Waals surface area (Å²) >= 11 is 0. The molecule has 0 fully saturated rings. The third-order valence-corrected chi connectivity index (χ3v) is 4.64. The van der Waals surface area contributed by atoms with E-state index in [9.17, 15) is 19.5 Å². The molecule has 3 aromatic carbocycles. The molecule has 3 rings (SSSR count). The number of hydrogen-bond acceptors (Lipinski definition) is 7. The summed E-state index contributed by atoms with van der Waals surface area (Å²) in [6, 6.07) is 24.7. The van der Waals surface area contributed by atoms with Crippen LogP contribution in [0.25, 0.3) is 0 Å². The highest BCUT2D eigenvalue weighted by molar-refractivity contribution is 5.86. The van der Waals surface area contributed by atoms with Crippen LogP contribution in [0.1, 0.15) is 35.0 Å². The summed E-state index contributed by atoms with van der Waals surface area (Å²) in [6.45, 7) is 0. The van der Waals surface area contributed by atoms with Crippen molar-refractivity contribution in [3.8, 4) is 0 Å². The van der Waals surface area contributed by atoms with Gasteiger partial charge in [-0.25, -0.2) is 14.4 Å². The number of benzene rings is 3. The monoisotopic (exact) mass is 434 g/mol. The van der Waals surface area contributed by atoms with Crippen molar-refractivity contribution in [1.29, 1.82) is 0 Å². The molecule has 0 unspecified atom stereocenters. The fourth-order valence-corrected chi connectivity index (χ4v) is 3.00. The van der Waals surface area contributed by atoms with Crippen molar-refractivity contribution in [3.05, 3.63) is 108 Å². The van der Waals surface area contributed by atoms with Crippen molar-refractivity contribution in [2.75, 3.05) is 7.11 Å². The summed E-state index contributed by atoms with van der Waals surface area (Å²) in [5.74, 6) is -2.80. The molecule has 0 heterocycles. The number of rotatable bonds is 8. The van der Waals surface area contributed by atoms with E-state index in [0.29, 0.717) is 16.7 Å². The van der Waals surface area contributed by atoms with Crippen LogP contribution >= 0.6 is 0 Å². The first-order valence-electron chi connectivity index (χ1n) is 9.83. The van der Waals surface area contributed by atoms with Gasteiger partial charge in [0.25, 0.3) is 0 Å². The summed E-state index contributed by atoms with van der Waals surface area (Å²) in [5.41, 5.74) is 1.03. The quantitative estimate of drug-likeness (QED) is 0.428. The number of esters is 3. The molecule has 7 heteroatoms. The molecular formula is C25H22O7. The molecule has 0 amide bonds. The van der Waals surface area contributed by atoms with Crippen LogP contribution in [0.3, 0.4) is 0 Å². The highest BCUT2D eigenvalue weighted by atomic mass is 16.6. The largest absolute Gasteiger partial charge is 0.466 e. The van der Waals surface area contributed by atoms with Crippen LogP contribution in [0, 0.1) is 0 Å². The molecule has 0 saturated heterocycles. The summed E-state index contributed by atoms with van der Waals surface area (Å²) in [6.07, 6.45) is -4.45. The number of carbonyl (C=O) groups excluding carboxylic acids is 3. The molecule has 7 nitrogen and oxygen atoms in total. The van der Waals surface area contributed by atoms with E-state index in [1.807, 2.05) is 0 Å². The van der Waals surface area contributed by atoms with Gasteiger partial charge in [0, 0.05) is 11.1 Å². The Bertz CT molecular complexity index is 1040. The average Bonchev–Trinajstić information content (AvgIpc) is 2.86. The van der Waals surface area contributed by atoms with E-state index in [0.717, 1.165) is 0 Å². The van der Waals surface area contributed by atoms with Crippen LogP contribution in [0.2, 0.25) is 0 Å². The van der Waals surface area contributed by atoms with Crippen molar-refractivity contribution in [2.45, 2.75) is 18.3 Å². The minimum Gasteiger partial charge on any atom is -0.466 e. The lowest BCUT2D eigenvalue weighted by Gasteiger charge is -2.22. The number of hydrogen-bond donors (Lipinski definition) is 1. The first kappa shape index (κ1) is 22.7. The summed E-state index contributed by atoms with van der Waals surface area (Å²) in [7, 11) is 1.18. The molecule has 1 N–H and O–H groups in total. The number of carbonyl (C=O) groups is 3. The van der Waals surface area contributed by atoms with Crippen LogP contribution in [-0.4, -0.2) is 30.1 Å². The Hall–Kier alpha value is -3.97. The van der Waals surface area contributed by atoms with Gasteiger partial charge in [0.1, 0.15) is 0 Å². The predicted molar refractivity (Wildman–Crippen MR) is 114 cm³/mol. The Morgan fingerprint density at radius 3 is 1.41 bits per heavy atom. The van der Waals surface area contributed by atoms with Gasteiger partial charge in [-0.15, -0.1) is 0 Å². The fourth-order valence-electron chi connectivity index (χ4n) is 3.00. The van der Waals surface area contributed by atoms with Gasteiger partial charge in [-0.1, -0.05) is 91.0 Å². The van der Waals surface area contributed by atoms with Crippen molar-refractivity contribution in [2.24, 2.45) is 0 Å². The van der Waals surface area contributed by atoms with Gasteiger partial charge >= 0.3 is 17.9 Å². The van der Waals surface area contributed by atoms with Gasteiger partial charge in [0.15, 0.2) is 6.10 Å². The normalized spacial score (nSPS) is 13.3. The molecular weight excluding hydrogens is 412 g/mol. The van der Waals surface area contributed by atoms with Gasteiger partial charge in [-0.05, 0) is 5.56 Å². The van der Waals surface area contributed by atoms with Crippen LogP contribution in [0.4, 0.5) is 0 Å². The Morgan fingerprint density at radius 2 is 0.969 bits per heavy atom. The van der Waals surface area contributed by atoms with Crippen molar-refractivity contribution in [1.82, 2.24) is 0 Å². The lowest BCUT2D eigenvalue weighted by Crippen LogP contribution is -2.28. The average molecular weight is 434 g/mol. The Labute approximate surface area is 185 Å². The summed E-state index contributed by atoms with van der Waals surface area (Å²) in [4.78, 5) is 37.9. The number of aliphatic hydroxyl groups excluding tert-OH is 1. The van der Waals surface area contributed by atoms with Crippen molar-refractivity contribution >= 4 is 17.9 Å². The molecule has 164 valence electrons. The molecule has 0 aliphatic heterocycles. The zero-order valence-electron chi connectivity index (χ0n) is 17.3. The second kappa shape index (κ2) is 10.9. The highest BCUT2D eigenvalue weighted by Gasteiger charge is 2.34. The van der Waals surface area contributed by atoms with E-state index in [1.165, 1.54) is 7.11 Å². The number of methoxy groups -OCH3 is 1. The van der Waals surface area contributed by atoms with E-state index in [-0.39, 0.29) is 0 Å². The van der Waals surface area contributed by atoms with E-state index < -0.39 is 36.2 Å². The molecule has 32 heavy (non-hydrogen) atoms. The summed E-state index contributed by atoms with van der Waals surface area (Å²) < 4.78 is 15.5. The molecule has 3 atom stereocenters. The highest BCUT2D eigenvalue weighted by Crippen LogP contribution is 2.27. The van der Waals surface area contributed by atoms with Gasteiger partial charge in [-0.3, -0.25) is 0 Å². The molecule has 0 aliphatic rings. The van der Waals surface area contributed by atoms with Crippen LogP contribution in [0.5, 0.6) is 0 Å². The Kier molecular flexibility index (Phi) is 7.72. The van der Waals surface area contributed by atoms with Crippen LogP contribution in [-0.2, 0) is 28.6 Å². The second-order valence-electron chi connectivity index (χ2n) is 6.79.